The van der Waals surface area contributed by atoms with E-state index in [1.807, 2.05) is 18.3 Å². The fourth-order valence-corrected chi connectivity index (χ4v) is 5.74. The molecule has 0 aliphatic heterocycles. The van der Waals surface area contributed by atoms with Gasteiger partial charge in [-0.15, -0.1) is 10.2 Å². The molecule has 5 heteroatoms. The molecule has 1 saturated carbocycles. The van der Waals surface area contributed by atoms with Crippen LogP contribution in [0.3, 0.4) is 0 Å². The van der Waals surface area contributed by atoms with Gasteiger partial charge < -0.3 is 4.43 Å². The van der Waals surface area contributed by atoms with Gasteiger partial charge in [-0.3, -0.25) is 4.98 Å². The maximum atomic E-state index is 5.90. The molecule has 0 saturated heterocycles. The van der Waals surface area contributed by atoms with E-state index in [0.29, 0.717) is 21.6 Å². The molecule has 4 nitrogen and oxygen atoms in total. The first-order valence-corrected chi connectivity index (χ1v) is 16.4. The topological polar surface area (TPSA) is 47.9 Å². The zero-order valence-corrected chi connectivity index (χ0v) is 24.9. The summed E-state index contributed by atoms with van der Waals surface area (Å²) >= 11 is 0. The third kappa shape index (κ3) is 13.0. The van der Waals surface area contributed by atoms with Crippen LogP contribution in [0.4, 0.5) is 0 Å². The molecule has 1 fully saturated rings. The summed E-state index contributed by atoms with van der Waals surface area (Å²) < 4.78 is 5.90. The molecule has 3 rings (SSSR count). The Labute approximate surface area is 229 Å². The first-order valence-electron chi connectivity index (χ1n) is 15.3. The number of hydrogen-bond donors (Lipinski definition) is 0. The minimum absolute atomic E-state index is 0.441. The second kappa shape index (κ2) is 17.7. The number of pyridine rings is 1. The van der Waals surface area contributed by atoms with Crippen LogP contribution in [0.1, 0.15) is 123 Å². The van der Waals surface area contributed by atoms with Gasteiger partial charge in [-0.05, 0) is 54.8 Å². The average Bonchev–Trinajstić information content (AvgIpc) is 3.75. The smallest absolute Gasteiger partial charge is 0.313 e. The summed E-state index contributed by atoms with van der Waals surface area (Å²) in [6, 6.07) is 9.29. The van der Waals surface area contributed by atoms with Crippen molar-refractivity contribution in [2.45, 2.75) is 130 Å². The highest BCUT2D eigenvalue weighted by Crippen LogP contribution is 2.34. The van der Waals surface area contributed by atoms with Gasteiger partial charge in [-0.2, -0.15) is 0 Å². The molecule has 2 heterocycles. The van der Waals surface area contributed by atoms with Crippen LogP contribution in [-0.4, -0.2) is 24.9 Å². The van der Waals surface area contributed by atoms with Gasteiger partial charge in [0.05, 0.1) is 5.69 Å². The van der Waals surface area contributed by atoms with Crippen molar-refractivity contribution in [1.82, 2.24) is 15.2 Å². The highest BCUT2D eigenvalue weighted by Gasteiger charge is 2.19. The maximum absolute atomic E-state index is 5.90. The lowest BCUT2D eigenvalue weighted by atomic mass is 9.95. The quantitative estimate of drug-likeness (QED) is 0.121. The lowest BCUT2D eigenvalue weighted by molar-refractivity contribution is 0.412. The molecule has 2 aromatic heterocycles. The molecule has 2 radical (unpaired) electrons. The summed E-state index contributed by atoms with van der Waals surface area (Å²) in [7, 11) is 0.441. The molecule has 2 unspecified atom stereocenters. The lowest BCUT2D eigenvalue weighted by Crippen LogP contribution is -2.09. The Bertz CT molecular complexity index is 838. The Morgan fingerprint density at radius 1 is 0.838 bits per heavy atom. The Morgan fingerprint density at radius 2 is 1.59 bits per heavy atom. The molecule has 204 valence electrons. The fraction of sp³-hybridized carbons (Fsp3) is 0.719. The number of nitrogens with zero attached hydrogens (tertiary/aromatic N) is 3. The van der Waals surface area contributed by atoms with Crippen molar-refractivity contribution in [2.24, 2.45) is 17.8 Å². The summed E-state index contributed by atoms with van der Waals surface area (Å²) in [5.74, 6) is 3.26. The van der Waals surface area contributed by atoms with Gasteiger partial charge in [0.25, 0.3) is 0 Å². The van der Waals surface area contributed by atoms with E-state index < -0.39 is 0 Å². The number of hydrogen-bond acceptors (Lipinski definition) is 4. The standard InChI is InChI=1S/C32H51N3OSi/c1-4-5-13-26(2)16-17-27(3)25-37-36-32-23-22-31(34-35-32)29-20-21-30(33-24-29)15-12-10-8-6-7-9-11-14-28-18-19-28/h20-24,26-28H,4-19,25H2,1-3H3. The molecule has 0 N–H and O–H groups in total. The second-order valence-corrected chi connectivity index (χ2v) is 12.5. The van der Waals surface area contributed by atoms with Crippen LogP contribution in [0.2, 0.25) is 6.04 Å². The van der Waals surface area contributed by atoms with Gasteiger partial charge in [0.15, 0.2) is 0 Å². The highest BCUT2D eigenvalue weighted by atomic mass is 28.2. The van der Waals surface area contributed by atoms with Crippen molar-refractivity contribution in [3.63, 3.8) is 0 Å². The molecule has 37 heavy (non-hydrogen) atoms. The molecule has 0 bridgehead atoms. The zero-order chi connectivity index (χ0) is 26.1. The molecule has 0 aromatic carbocycles. The number of aryl methyl sites for hydroxylation is 1. The molecule has 0 amide bonds. The second-order valence-electron chi connectivity index (χ2n) is 11.6. The summed E-state index contributed by atoms with van der Waals surface area (Å²) in [5.41, 5.74) is 3.05. The first-order chi connectivity index (χ1) is 18.1. The van der Waals surface area contributed by atoms with Crippen LogP contribution < -0.4 is 4.43 Å². The number of unbranched alkanes of at least 4 members (excludes halogenated alkanes) is 7. The fourth-order valence-electron chi connectivity index (χ4n) is 4.91. The van der Waals surface area contributed by atoms with E-state index in [9.17, 15) is 0 Å². The van der Waals surface area contributed by atoms with E-state index >= 15 is 0 Å². The van der Waals surface area contributed by atoms with Crippen molar-refractivity contribution >= 4 is 9.76 Å². The first kappa shape index (κ1) is 29.8. The van der Waals surface area contributed by atoms with Crippen molar-refractivity contribution in [3.05, 3.63) is 36.2 Å². The van der Waals surface area contributed by atoms with Crippen LogP contribution in [0.15, 0.2) is 30.5 Å². The van der Waals surface area contributed by atoms with Gasteiger partial charge in [-0.1, -0.05) is 111 Å². The van der Waals surface area contributed by atoms with Gasteiger partial charge in [0, 0.05) is 23.5 Å². The van der Waals surface area contributed by atoms with Crippen molar-refractivity contribution in [1.29, 1.82) is 0 Å². The van der Waals surface area contributed by atoms with Crippen molar-refractivity contribution in [3.8, 4) is 17.1 Å². The Hall–Kier alpha value is -1.75. The van der Waals surface area contributed by atoms with Crippen LogP contribution in [0.5, 0.6) is 5.88 Å². The third-order valence-electron chi connectivity index (χ3n) is 7.81. The SMILES string of the molecule is CCCCC(C)CCC(C)C[Si]Oc1ccc(-c2ccc(CCCCCCCCCC3CC3)nc2)nn1. The molecule has 2 atom stereocenters. The van der Waals surface area contributed by atoms with Gasteiger partial charge in [0.2, 0.25) is 5.88 Å². The molecule has 1 aliphatic carbocycles. The zero-order valence-electron chi connectivity index (χ0n) is 23.9. The van der Waals surface area contributed by atoms with E-state index in [1.54, 1.807) is 0 Å². The largest absolute Gasteiger partial charge is 0.527 e. The van der Waals surface area contributed by atoms with Gasteiger partial charge >= 0.3 is 9.76 Å². The molecular weight excluding hydrogens is 470 g/mol. The minimum Gasteiger partial charge on any atom is -0.527 e. The number of aromatic nitrogens is 3. The summed E-state index contributed by atoms with van der Waals surface area (Å²) in [4.78, 5) is 4.68. The normalized spacial score (nSPS) is 15.0. The van der Waals surface area contributed by atoms with Gasteiger partial charge in [-0.25, -0.2) is 0 Å². The lowest BCUT2D eigenvalue weighted by Gasteiger charge is -2.14. The maximum Gasteiger partial charge on any atom is 0.313 e. The van der Waals surface area contributed by atoms with Crippen molar-refractivity contribution in [2.75, 3.05) is 0 Å². The molecule has 0 spiro atoms. The van der Waals surface area contributed by atoms with Gasteiger partial charge in [0.1, 0.15) is 0 Å². The summed E-state index contributed by atoms with van der Waals surface area (Å²) in [6.07, 6.45) is 23.8. The summed E-state index contributed by atoms with van der Waals surface area (Å²) in [5, 5.41) is 8.68. The Morgan fingerprint density at radius 3 is 2.27 bits per heavy atom. The Kier molecular flexibility index (Phi) is 14.3. The van der Waals surface area contributed by atoms with Crippen molar-refractivity contribution < 1.29 is 4.43 Å². The van der Waals surface area contributed by atoms with E-state index in [4.69, 9.17) is 4.43 Å². The number of rotatable bonds is 21. The third-order valence-corrected chi connectivity index (χ3v) is 9.03. The predicted octanol–water partition coefficient (Wildman–Crippen LogP) is 9.27. The minimum atomic E-state index is 0.441. The molecular formula is C32H51N3OSi. The van der Waals surface area contributed by atoms with Crippen LogP contribution in [0, 0.1) is 17.8 Å². The highest BCUT2D eigenvalue weighted by molar-refractivity contribution is 6.28. The van der Waals surface area contributed by atoms with Crippen LogP contribution >= 0.6 is 0 Å². The summed E-state index contributed by atoms with van der Waals surface area (Å²) in [6.45, 7) is 7.00. The average molecular weight is 522 g/mol. The van der Waals surface area contributed by atoms with E-state index in [-0.39, 0.29) is 0 Å². The molecule has 1 aliphatic rings. The van der Waals surface area contributed by atoms with E-state index in [1.165, 1.54) is 102 Å². The van der Waals surface area contributed by atoms with E-state index in [2.05, 4.69) is 48.1 Å². The predicted molar refractivity (Wildman–Crippen MR) is 157 cm³/mol. The molecule has 2 aromatic rings. The van der Waals surface area contributed by atoms with Crippen LogP contribution in [0.25, 0.3) is 11.3 Å². The van der Waals surface area contributed by atoms with E-state index in [0.717, 1.165) is 35.6 Å². The Balaban J connectivity index is 1.25. The van der Waals surface area contributed by atoms with Crippen LogP contribution in [-0.2, 0) is 6.42 Å². The monoisotopic (exact) mass is 521 g/mol.